The first-order chi connectivity index (χ1) is 6.79. The molecule has 0 aliphatic heterocycles. The lowest BCUT2D eigenvalue weighted by Crippen LogP contribution is -2.12. The van der Waals surface area contributed by atoms with E-state index in [-0.39, 0.29) is 17.3 Å². The topological polar surface area (TPSA) is 30.0 Å². The number of hydrogen-bond donors (Lipinski definition) is 0. The fourth-order valence-corrected chi connectivity index (χ4v) is 1.98. The third kappa shape index (κ3) is 1.67. The number of carbonyl (C=O) groups excluding carboxylic acids is 1. The van der Waals surface area contributed by atoms with E-state index >= 15 is 0 Å². The molecule has 1 aromatic heterocycles. The van der Waals surface area contributed by atoms with E-state index in [4.69, 9.17) is 0 Å². The second-order valence-corrected chi connectivity index (χ2v) is 3.70. The second kappa shape index (κ2) is 3.86. The summed E-state index contributed by atoms with van der Waals surface area (Å²) in [6, 6.07) is 1.47. The summed E-state index contributed by atoms with van der Waals surface area (Å²) in [6.07, 6.45) is 6.54. The Kier molecular flexibility index (Phi) is 2.57. The highest BCUT2D eigenvalue weighted by Gasteiger charge is 2.25. The van der Waals surface area contributed by atoms with Gasteiger partial charge in [0, 0.05) is 12.1 Å². The van der Waals surface area contributed by atoms with Crippen molar-refractivity contribution in [3.63, 3.8) is 0 Å². The summed E-state index contributed by atoms with van der Waals surface area (Å²) >= 11 is 0. The number of aromatic nitrogens is 1. The second-order valence-electron chi connectivity index (χ2n) is 3.70. The molecule has 0 atom stereocenters. The molecule has 0 saturated heterocycles. The molecule has 0 unspecified atom stereocenters. The molecule has 0 radical (unpaired) electrons. The van der Waals surface area contributed by atoms with Crippen molar-refractivity contribution in [1.29, 1.82) is 0 Å². The smallest absolute Gasteiger partial charge is 0.168 e. The minimum atomic E-state index is -0.496. The van der Waals surface area contributed by atoms with Crippen molar-refractivity contribution >= 4 is 5.78 Å². The van der Waals surface area contributed by atoms with Crippen LogP contribution >= 0.6 is 0 Å². The molecule has 1 aliphatic carbocycles. The largest absolute Gasteiger partial charge is 0.294 e. The molecule has 0 spiro atoms. The standard InChI is InChI=1S/C11H12FNO/c12-10-7-13-6-5-9(10)11(14)8-3-1-2-4-8/h5-8H,1-4H2. The van der Waals surface area contributed by atoms with Crippen molar-refractivity contribution < 1.29 is 9.18 Å². The van der Waals surface area contributed by atoms with Gasteiger partial charge in [-0.25, -0.2) is 4.39 Å². The van der Waals surface area contributed by atoms with Crippen molar-refractivity contribution in [3.05, 3.63) is 29.8 Å². The summed E-state index contributed by atoms with van der Waals surface area (Å²) in [5, 5.41) is 0. The predicted octanol–water partition coefficient (Wildman–Crippen LogP) is 2.59. The molecular weight excluding hydrogens is 181 g/mol. The highest BCUT2D eigenvalue weighted by atomic mass is 19.1. The molecule has 1 fully saturated rings. The van der Waals surface area contributed by atoms with Crippen molar-refractivity contribution in [1.82, 2.24) is 4.98 Å². The highest BCUT2D eigenvalue weighted by molar-refractivity contribution is 5.98. The van der Waals surface area contributed by atoms with E-state index in [9.17, 15) is 9.18 Å². The summed E-state index contributed by atoms with van der Waals surface area (Å²) in [5.74, 6) is -0.515. The van der Waals surface area contributed by atoms with Crippen LogP contribution in [-0.4, -0.2) is 10.8 Å². The first-order valence-corrected chi connectivity index (χ1v) is 4.93. The van der Waals surface area contributed by atoms with E-state index in [1.807, 2.05) is 0 Å². The maximum Gasteiger partial charge on any atom is 0.168 e. The summed E-state index contributed by atoms with van der Waals surface area (Å²) in [6.45, 7) is 0. The van der Waals surface area contributed by atoms with Crippen LogP contribution < -0.4 is 0 Å². The Morgan fingerprint density at radius 3 is 2.79 bits per heavy atom. The van der Waals surface area contributed by atoms with Crippen LogP contribution in [0.1, 0.15) is 36.0 Å². The molecule has 0 bridgehead atoms. The minimum absolute atomic E-state index is 0.0342. The van der Waals surface area contributed by atoms with Gasteiger partial charge in [-0.05, 0) is 18.9 Å². The predicted molar refractivity (Wildman–Crippen MR) is 50.5 cm³/mol. The molecule has 0 N–H and O–H groups in total. The molecule has 0 aromatic carbocycles. The van der Waals surface area contributed by atoms with Crippen LogP contribution in [-0.2, 0) is 0 Å². The molecule has 0 amide bonds. The number of Topliss-reactive ketones (excluding diaryl/α,β-unsaturated/α-hetero) is 1. The molecule has 1 aliphatic rings. The highest BCUT2D eigenvalue weighted by Crippen LogP contribution is 2.28. The van der Waals surface area contributed by atoms with Crippen LogP contribution in [0.25, 0.3) is 0 Å². The van der Waals surface area contributed by atoms with E-state index in [2.05, 4.69) is 4.98 Å². The van der Waals surface area contributed by atoms with Gasteiger partial charge in [-0.15, -0.1) is 0 Å². The zero-order valence-corrected chi connectivity index (χ0v) is 7.87. The van der Waals surface area contributed by atoms with Gasteiger partial charge in [0.25, 0.3) is 0 Å². The van der Waals surface area contributed by atoms with E-state index in [0.717, 1.165) is 31.9 Å². The lowest BCUT2D eigenvalue weighted by Gasteiger charge is -2.07. The minimum Gasteiger partial charge on any atom is -0.294 e. The molecule has 1 heterocycles. The number of ketones is 1. The Morgan fingerprint density at radius 1 is 1.43 bits per heavy atom. The number of rotatable bonds is 2. The first-order valence-electron chi connectivity index (χ1n) is 4.93. The summed E-state index contributed by atoms with van der Waals surface area (Å²) in [5.41, 5.74) is 0.201. The maximum atomic E-state index is 13.2. The number of halogens is 1. The summed E-state index contributed by atoms with van der Waals surface area (Å²) < 4.78 is 13.2. The Morgan fingerprint density at radius 2 is 2.14 bits per heavy atom. The number of hydrogen-bond acceptors (Lipinski definition) is 2. The van der Waals surface area contributed by atoms with Gasteiger partial charge in [0.2, 0.25) is 0 Å². The summed E-state index contributed by atoms with van der Waals surface area (Å²) in [7, 11) is 0. The third-order valence-electron chi connectivity index (χ3n) is 2.76. The quantitative estimate of drug-likeness (QED) is 0.676. The molecule has 74 valence electrons. The van der Waals surface area contributed by atoms with Gasteiger partial charge in [0.15, 0.2) is 11.6 Å². The van der Waals surface area contributed by atoms with Crippen LogP contribution in [0, 0.1) is 11.7 Å². The number of pyridine rings is 1. The first kappa shape index (κ1) is 9.31. The van der Waals surface area contributed by atoms with Gasteiger partial charge in [0.05, 0.1) is 11.8 Å². The lowest BCUT2D eigenvalue weighted by molar-refractivity contribution is 0.0918. The zero-order chi connectivity index (χ0) is 9.97. The van der Waals surface area contributed by atoms with E-state index in [1.165, 1.54) is 12.3 Å². The maximum absolute atomic E-state index is 13.2. The average Bonchev–Trinajstić information content (AvgIpc) is 2.70. The fraction of sp³-hybridized carbons (Fsp3) is 0.455. The average molecular weight is 193 g/mol. The van der Waals surface area contributed by atoms with Crippen LogP contribution in [0.2, 0.25) is 0 Å². The van der Waals surface area contributed by atoms with Gasteiger partial charge in [0.1, 0.15) is 0 Å². The Labute approximate surface area is 82.2 Å². The van der Waals surface area contributed by atoms with Gasteiger partial charge < -0.3 is 0 Å². The van der Waals surface area contributed by atoms with Gasteiger partial charge in [-0.2, -0.15) is 0 Å². The summed E-state index contributed by atoms with van der Waals surface area (Å²) in [4.78, 5) is 15.4. The van der Waals surface area contributed by atoms with E-state index < -0.39 is 5.82 Å². The fourth-order valence-electron chi connectivity index (χ4n) is 1.98. The number of nitrogens with zero attached hydrogens (tertiary/aromatic N) is 1. The van der Waals surface area contributed by atoms with Crippen LogP contribution in [0.3, 0.4) is 0 Å². The zero-order valence-electron chi connectivity index (χ0n) is 7.87. The third-order valence-corrected chi connectivity index (χ3v) is 2.76. The molecule has 2 rings (SSSR count). The molecular formula is C11H12FNO. The Bertz CT molecular complexity index is 345. The van der Waals surface area contributed by atoms with Gasteiger partial charge in [-0.3, -0.25) is 9.78 Å². The van der Waals surface area contributed by atoms with Crippen LogP contribution in [0.4, 0.5) is 4.39 Å². The molecule has 3 heteroatoms. The van der Waals surface area contributed by atoms with Gasteiger partial charge in [-0.1, -0.05) is 12.8 Å². The van der Waals surface area contributed by atoms with Gasteiger partial charge >= 0.3 is 0 Å². The van der Waals surface area contributed by atoms with Crippen molar-refractivity contribution in [2.45, 2.75) is 25.7 Å². The SMILES string of the molecule is O=C(c1ccncc1F)C1CCCC1. The number of carbonyl (C=O) groups is 1. The van der Waals surface area contributed by atoms with Crippen molar-refractivity contribution in [3.8, 4) is 0 Å². The van der Waals surface area contributed by atoms with Crippen molar-refractivity contribution in [2.75, 3.05) is 0 Å². The van der Waals surface area contributed by atoms with E-state index in [0.29, 0.717) is 0 Å². The van der Waals surface area contributed by atoms with E-state index in [1.54, 1.807) is 0 Å². The molecule has 1 aromatic rings. The van der Waals surface area contributed by atoms with Crippen LogP contribution in [0.5, 0.6) is 0 Å². The normalized spacial score (nSPS) is 17.2. The van der Waals surface area contributed by atoms with Crippen molar-refractivity contribution in [2.24, 2.45) is 5.92 Å². The Hall–Kier alpha value is -1.25. The Balaban J connectivity index is 2.22. The van der Waals surface area contributed by atoms with Crippen LogP contribution in [0.15, 0.2) is 18.5 Å². The molecule has 2 nitrogen and oxygen atoms in total. The lowest BCUT2D eigenvalue weighted by atomic mass is 9.97. The molecule has 1 saturated carbocycles. The monoisotopic (exact) mass is 193 g/mol. The molecule has 14 heavy (non-hydrogen) atoms.